The van der Waals surface area contributed by atoms with E-state index in [0.717, 1.165) is 42.5 Å². The van der Waals surface area contributed by atoms with E-state index in [1.165, 1.54) is 0 Å². The van der Waals surface area contributed by atoms with Crippen LogP contribution in [0.25, 0.3) is 0 Å². The molecule has 114 valence electrons. The number of hydrogen-bond donors (Lipinski definition) is 1. The van der Waals surface area contributed by atoms with E-state index in [4.69, 9.17) is 11.6 Å². The van der Waals surface area contributed by atoms with E-state index >= 15 is 0 Å². The van der Waals surface area contributed by atoms with Crippen LogP contribution in [0.4, 0.5) is 0 Å². The molecule has 1 saturated heterocycles. The third-order valence-electron chi connectivity index (χ3n) is 4.43. The third kappa shape index (κ3) is 3.17. The van der Waals surface area contributed by atoms with Crippen molar-refractivity contribution >= 4 is 11.6 Å². The van der Waals surface area contributed by atoms with Crippen LogP contribution in [-0.4, -0.2) is 72.4 Å². The molecule has 6 heteroatoms. The average Bonchev–Trinajstić information content (AvgIpc) is 2.65. The van der Waals surface area contributed by atoms with Crippen LogP contribution in [-0.2, 0) is 13.5 Å². The summed E-state index contributed by atoms with van der Waals surface area (Å²) in [4.78, 5) is 4.84. The van der Waals surface area contributed by atoms with Gasteiger partial charge in [-0.1, -0.05) is 11.6 Å². The number of halogens is 1. The summed E-state index contributed by atoms with van der Waals surface area (Å²) in [5.74, 6) is 0. The van der Waals surface area contributed by atoms with Crippen LogP contribution in [0.15, 0.2) is 0 Å². The largest absolute Gasteiger partial charge is 0.315 e. The Hall–Kier alpha value is -0.620. The molecule has 20 heavy (non-hydrogen) atoms. The summed E-state index contributed by atoms with van der Waals surface area (Å²) in [6.07, 6.45) is 0.915. The van der Waals surface area contributed by atoms with Crippen molar-refractivity contribution in [3.8, 4) is 0 Å². The average molecular weight is 300 g/mol. The van der Waals surface area contributed by atoms with Gasteiger partial charge >= 0.3 is 0 Å². The van der Waals surface area contributed by atoms with E-state index in [1.807, 2.05) is 21.0 Å². The zero-order chi connectivity index (χ0) is 14.9. The van der Waals surface area contributed by atoms with Crippen LogP contribution >= 0.6 is 11.6 Å². The van der Waals surface area contributed by atoms with Crippen molar-refractivity contribution in [2.45, 2.75) is 25.4 Å². The van der Waals surface area contributed by atoms with E-state index in [0.29, 0.717) is 12.1 Å². The standard InChI is InChI=1S/C14H26ClN5/c1-10-11(14(15)20(5)17-10)8-12(16-2)13-9-18(3)6-7-19(13)4/h12-13,16H,6-9H2,1-5H3. The van der Waals surface area contributed by atoms with Gasteiger partial charge in [0.2, 0.25) is 0 Å². The van der Waals surface area contributed by atoms with Gasteiger partial charge in [-0.05, 0) is 34.5 Å². The Labute approximate surface area is 126 Å². The van der Waals surface area contributed by atoms with Gasteiger partial charge < -0.3 is 10.2 Å². The topological polar surface area (TPSA) is 36.3 Å². The molecule has 2 rings (SSSR count). The number of aromatic nitrogens is 2. The Morgan fingerprint density at radius 2 is 2.05 bits per heavy atom. The quantitative estimate of drug-likeness (QED) is 0.890. The van der Waals surface area contributed by atoms with E-state index in [9.17, 15) is 0 Å². The highest BCUT2D eigenvalue weighted by atomic mass is 35.5. The maximum absolute atomic E-state index is 6.37. The van der Waals surface area contributed by atoms with Gasteiger partial charge in [-0.15, -0.1) is 0 Å². The summed E-state index contributed by atoms with van der Waals surface area (Å²) in [6, 6.07) is 0.873. The maximum Gasteiger partial charge on any atom is 0.130 e. The van der Waals surface area contributed by atoms with Gasteiger partial charge in [0.15, 0.2) is 0 Å². The lowest BCUT2D eigenvalue weighted by Gasteiger charge is -2.42. The van der Waals surface area contributed by atoms with Gasteiger partial charge in [0, 0.05) is 44.3 Å². The summed E-state index contributed by atoms with van der Waals surface area (Å²) < 4.78 is 1.76. The second-order valence-electron chi connectivity index (χ2n) is 5.89. The molecule has 1 aliphatic heterocycles. The van der Waals surface area contributed by atoms with Crippen molar-refractivity contribution < 1.29 is 0 Å². The first-order chi connectivity index (χ1) is 9.43. The minimum Gasteiger partial charge on any atom is -0.315 e. The van der Waals surface area contributed by atoms with E-state index in [2.05, 4.69) is 34.3 Å². The van der Waals surface area contributed by atoms with Crippen molar-refractivity contribution in [2.24, 2.45) is 7.05 Å². The van der Waals surface area contributed by atoms with Gasteiger partial charge in [-0.25, -0.2) is 0 Å². The van der Waals surface area contributed by atoms with Crippen molar-refractivity contribution in [2.75, 3.05) is 40.8 Å². The Kier molecular flexibility index (Phi) is 5.07. The molecule has 0 spiro atoms. The van der Waals surface area contributed by atoms with Crippen LogP contribution in [0, 0.1) is 6.92 Å². The Morgan fingerprint density at radius 1 is 1.35 bits per heavy atom. The van der Waals surface area contributed by atoms with Crippen molar-refractivity contribution in [1.29, 1.82) is 0 Å². The molecule has 0 saturated carbocycles. The van der Waals surface area contributed by atoms with E-state index < -0.39 is 0 Å². The minimum atomic E-state index is 0.378. The number of nitrogens with zero attached hydrogens (tertiary/aromatic N) is 4. The monoisotopic (exact) mass is 299 g/mol. The smallest absolute Gasteiger partial charge is 0.130 e. The zero-order valence-corrected chi connectivity index (χ0v) is 13.9. The fraction of sp³-hybridized carbons (Fsp3) is 0.786. The minimum absolute atomic E-state index is 0.378. The van der Waals surface area contributed by atoms with Gasteiger partial charge in [-0.3, -0.25) is 9.58 Å². The SMILES string of the molecule is CNC(Cc1c(C)nn(C)c1Cl)C1CN(C)CCN1C. The number of aryl methyl sites for hydroxylation is 2. The Balaban J connectivity index is 2.15. The van der Waals surface area contributed by atoms with Gasteiger partial charge in [0.25, 0.3) is 0 Å². The number of nitrogens with one attached hydrogen (secondary N) is 1. The molecule has 0 aromatic carbocycles. The van der Waals surface area contributed by atoms with Crippen LogP contribution in [0.1, 0.15) is 11.3 Å². The summed E-state index contributed by atoms with van der Waals surface area (Å²) in [7, 11) is 8.33. The molecule has 5 nitrogen and oxygen atoms in total. The normalized spacial score (nSPS) is 23.2. The fourth-order valence-electron chi connectivity index (χ4n) is 3.03. The number of rotatable bonds is 4. The molecule has 0 bridgehead atoms. The molecular weight excluding hydrogens is 274 g/mol. The molecule has 1 aliphatic rings. The van der Waals surface area contributed by atoms with Crippen LogP contribution in [0.5, 0.6) is 0 Å². The highest BCUT2D eigenvalue weighted by Crippen LogP contribution is 2.22. The van der Waals surface area contributed by atoms with Crippen LogP contribution in [0.3, 0.4) is 0 Å². The van der Waals surface area contributed by atoms with Crippen LogP contribution in [0.2, 0.25) is 5.15 Å². The first-order valence-electron chi connectivity index (χ1n) is 7.18. The number of likely N-dealkylation sites (N-methyl/N-ethyl adjacent to an activating group) is 3. The summed E-state index contributed by atoms with van der Waals surface area (Å²) >= 11 is 6.37. The summed E-state index contributed by atoms with van der Waals surface area (Å²) in [6.45, 7) is 5.36. The second kappa shape index (κ2) is 6.43. The molecule has 0 amide bonds. The maximum atomic E-state index is 6.37. The molecule has 1 aromatic rings. The van der Waals surface area contributed by atoms with Crippen molar-refractivity contribution in [3.05, 3.63) is 16.4 Å². The van der Waals surface area contributed by atoms with Crippen molar-refractivity contribution in [3.63, 3.8) is 0 Å². The van der Waals surface area contributed by atoms with E-state index in [-0.39, 0.29) is 0 Å². The summed E-state index contributed by atoms with van der Waals surface area (Å²) in [5, 5.41) is 8.64. The number of piperazine rings is 1. The molecule has 1 N–H and O–H groups in total. The van der Waals surface area contributed by atoms with Gasteiger partial charge in [0.1, 0.15) is 5.15 Å². The summed E-state index contributed by atoms with van der Waals surface area (Å²) in [5.41, 5.74) is 2.19. The predicted octanol–water partition coefficient (Wildman–Crippen LogP) is 0.758. The Bertz CT molecular complexity index is 459. The number of hydrogen-bond acceptors (Lipinski definition) is 4. The van der Waals surface area contributed by atoms with E-state index in [1.54, 1.807) is 4.68 Å². The van der Waals surface area contributed by atoms with Gasteiger partial charge in [0.05, 0.1) is 5.69 Å². The van der Waals surface area contributed by atoms with Gasteiger partial charge in [-0.2, -0.15) is 5.10 Å². The molecular formula is C14H26ClN5. The highest BCUT2D eigenvalue weighted by Gasteiger charge is 2.30. The molecule has 0 radical (unpaired) electrons. The molecule has 2 atom stereocenters. The molecule has 0 aliphatic carbocycles. The molecule has 2 heterocycles. The highest BCUT2D eigenvalue weighted by molar-refractivity contribution is 6.30. The first-order valence-corrected chi connectivity index (χ1v) is 7.55. The fourth-order valence-corrected chi connectivity index (χ4v) is 3.29. The van der Waals surface area contributed by atoms with Crippen LogP contribution < -0.4 is 5.32 Å². The lowest BCUT2D eigenvalue weighted by atomic mass is 9.97. The second-order valence-corrected chi connectivity index (χ2v) is 6.25. The molecule has 2 unspecified atom stereocenters. The third-order valence-corrected chi connectivity index (χ3v) is 4.90. The van der Waals surface area contributed by atoms with Crippen molar-refractivity contribution in [1.82, 2.24) is 24.9 Å². The molecule has 1 aromatic heterocycles. The Morgan fingerprint density at radius 3 is 2.60 bits per heavy atom. The zero-order valence-electron chi connectivity index (χ0n) is 13.1. The predicted molar refractivity (Wildman–Crippen MR) is 83.4 cm³/mol. The lowest BCUT2D eigenvalue weighted by molar-refractivity contribution is 0.0897. The lowest BCUT2D eigenvalue weighted by Crippen LogP contribution is -2.58. The first kappa shape index (κ1) is 15.8. The molecule has 1 fully saturated rings.